The lowest BCUT2D eigenvalue weighted by Crippen LogP contribution is -2.37. The fourth-order valence-electron chi connectivity index (χ4n) is 3.23. The van der Waals surface area contributed by atoms with Gasteiger partial charge in [-0.25, -0.2) is 0 Å². The summed E-state index contributed by atoms with van der Waals surface area (Å²) in [6.45, 7) is 6.03. The largest absolute Gasteiger partial charge is 0.336 e. The van der Waals surface area contributed by atoms with E-state index in [1.54, 1.807) is 25.2 Å². The van der Waals surface area contributed by atoms with E-state index < -0.39 is 0 Å². The van der Waals surface area contributed by atoms with Crippen LogP contribution in [0.3, 0.4) is 0 Å². The molecule has 1 aliphatic rings. The number of nitrogens with zero attached hydrogens (tertiary/aromatic N) is 2. The van der Waals surface area contributed by atoms with E-state index in [0.717, 1.165) is 15.6 Å². The van der Waals surface area contributed by atoms with Gasteiger partial charge in [0.1, 0.15) is 0 Å². The highest BCUT2D eigenvalue weighted by Crippen LogP contribution is 2.31. The summed E-state index contributed by atoms with van der Waals surface area (Å²) in [6, 6.07) is 12.8. The molecule has 2 aromatic carbocycles. The molecule has 0 saturated carbocycles. The molecule has 1 N–H and O–H groups in total. The Hall–Kier alpha value is -2.93. The van der Waals surface area contributed by atoms with Crippen LogP contribution in [-0.4, -0.2) is 47.7 Å². The molecule has 7 heteroatoms. The number of hydrogen-bond donors (Lipinski definition) is 1. The first-order chi connectivity index (χ1) is 13.8. The van der Waals surface area contributed by atoms with Gasteiger partial charge in [0.25, 0.3) is 5.91 Å². The number of likely N-dealkylation sites (N-methyl/N-ethyl adjacent to an activating group) is 1. The second-order valence-electron chi connectivity index (χ2n) is 6.96. The summed E-state index contributed by atoms with van der Waals surface area (Å²) in [5, 5.41) is 2.81. The van der Waals surface area contributed by atoms with Gasteiger partial charge in [-0.05, 0) is 36.8 Å². The molecule has 29 heavy (non-hydrogen) atoms. The van der Waals surface area contributed by atoms with Gasteiger partial charge < -0.3 is 15.1 Å². The van der Waals surface area contributed by atoms with Gasteiger partial charge in [0.05, 0.1) is 6.54 Å². The number of benzene rings is 2. The molecule has 150 valence electrons. The van der Waals surface area contributed by atoms with Crippen LogP contribution in [0.15, 0.2) is 53.5 Å². The fourth-order valence-corrected chi connectivity index (χ4v) is 3.71. The van der Waals surface area contributed by atoms with Crippen molar-refractivity contribution in [1.29, 1.82) is 0 Å². The topological polar surface area (TPSA) is 69.7 Å². The maximum Gasteiger partial charge on any atom is 0.258 e. The molecular formula is C22H22BrN3O3. The molecule has 0 atom stereocenters. The van der Waals surface area contributed by atoms with Crippen molar-refractivity contribution in [2.75, 3.05) is 25.5 Å². The Bertz CT molecular complexity index is 968. The van der Waals surface area contributed by atoms with Crippen LogP contribution in [-0.2, 0) is 9.59 Å². The molecule has 0 radical (unpaired) electrons. The summed E-state index contributed by atoms with van der Waals surface area (Å²) < 4.78 is 0.931. The monoisotopic (exact) mass is 455 g/mol. The van der Waals surface area contributed by atoms with Gasteiger partial charge in [-0.15, -0.1) is 0 Å². The maximum atomic E-state index is 12.5. The number of amides is 3. The van der Waals surface area contributed by atoms with Gasteiger partial charge in [0.2, 0.25) is 11.8 Å². The molecular weight excluding hydrogens is 434 g/mol. The van der Waals surface area contributed by atoms with E-state index in [2.05, 4.69) is 27.8 Å². The smallest absolute Gasteiger partial charge is 0.258 e. The summed E-state index contributed by atoms with van der Waals surface area (Å²) in [7, 11) is 1.58. The van der Waals surface area contributed by atoms with Crippen LogP contribution >= 0.6 is 15.9 Å². The van der Waals surface area contributed by atoms with Crippen LogP contribution in [0.4, 0.5) is 5.69 Å². The maximum absolute atomic E-state index is 12.5. The lowest BCUT2D eigenvalue weighted by atomic mass is 10.1. The van der Waals surface area contributed by atoms with E-state index in [1.807, 2.05) is 31.2 Å². The molecule has 3 rings (SSSR count). The molecule has 0 aliphatic carbocycles. The Morgan fingerprint density at radius 1 is 1.17 bits per heavy atom. The number of rotatable bonds is 6. The molecule has 0 bridgehead atoms. The van der Waals surface area contributed by atoms with Gasteiger partial charge in [0.15, 0.2) is 0 Å². The summed E-state index contributed by atoms with van der Waals surface area (Å²) in [5.41, 5.74) is 3.62. The molecule has 6 nitrogen and oxygen atoms in total. The normalized spacial score (nSPS) is 12.7. The third-order valence-electron chi connectivity index (χ3n) is 4.86. The summed E-state index contributed by atoms with van der Waals surface area (Å²) >= 11 is 3.39. The Labute approximate surface area is 178 Å². The summed E-state index contributed by atoms with van der Waals surface area (Å²) in [6.07, 6.45) is 0.111. The van der Waals surface area contributed by atoms with Crippen LogP contribution in [0.25, 0.3) is 5.70 Å². The SMILES string of the molecule is C=C1c2ccccc2C(=O)N1CCC(=O)N(C)CC(=O)Nc1ccc(Br)cc1C. The minimum atomic E-state index is -0.277. The number of hydrogen-bond acceptors (Lipinski definition) is 3. The van der Waals surface area contributed by atoms with Crippen molar-refractivity contribution in [3.05, 3.63) is 70.2 Å². The highest BCUT2D eigenvalue weighted by Gasteiger charge is 2.30. The third kappa shape index (κ3) is 4.56. The second kappa shape index (κ2) is 8.61. The van der Waals surface area contributed by atoms with Crippen molar-refractivity contribution in [1.82, 2.24) is 9.80 Å². The zero-order valence-electron chi connectivity index (χ0n) is 16.4. The van der Waals surface area contributed by atoms with Gasteiger partial charge in [-0.1, -0.05) is 40.7 Å². The lowest BCUT2D eigenvalue weighted by molar-refractivity contribution is -0.133. The Kier molecular flexibility index (Phi) is 6.17. The minimum Gasteiger partial charge on any atom is -0.336 e. The molecule has 0 saturated heterocycles. The molecule has 1 heterocycles. The molecule has 3 amide bonds. The van der Waals surface area contributed by atoms with Crippen LogP contribution in [0.2, 0.25) is 0 Å². The molecule has 0 fully saturated rings. The van der Waals surface area contributed by atoms with E-state index in [-0.39, 0.29) is 37.2 Å². The number of carbonyl (C=O) groups is 3. The van der Waals surface area contributed by atoms with E-state index in [0.29, 0.717) is 16.9 Å². The van der Waals surface area contributed by atoms with Crippen LogP contribution in [0, 0.1) is 6.92 Å². The summed E-state index contributed by atoms with van der Waals surface area (Å²) in [4.78, 5) is 40.1. The van der Waals surface area contributed by atoms with Crippen molar-refractivity contribution in [3.8, 4) is 0 Å². The fraction of sp³-hybridized carbons (Fsp3) is 0.227. The molecule has 0 spiro atoms. The van der Waals surface area contributed by atoms with Gasteiger partial charge >= 0.3 is 0 Å². The van der Waals surface area contributed by atoms with Gasteiger partial charge in [-0.2, -0.15) is 0 Å². The van der Waals surface area contributed by atoms with Crippen molar-refractivity contribution in [2.24, 2.45) is 0 Å². The average molecular weight is 456 g/mol. The first-order valence-corrected chi connectivity index (χ1v) is 9.97. The second-order valence-corrected chi connectivity index (χ2v) is 7.87. The summed E-state index contributed by atoms with van der Waals surface area (Å²) in [5.74, 6) is -0.644. The quantitative estimate of drug-likeness (QED) is 0.722. The minimum absolute atomic E-state index is 0.0660. The highest BCUT2D eigenvalue weighted by atomic mass is 79.9. The van der Waals surface area contributed by atoms with Crippen molar-refractivity contribution in [2.45, 2.75) is 13.3 Å². The predicted molar refractivity (Wildman–Crippen MR) is 116 cm³/mol. The Balaban J connectivity index is 1.53. The lowest BCUT2D eigenvalue weighted by Gasteiger charge is -2.21. The van der Waals surface area contributed by atoms with E-state index in [4.69, 9.17) is 0 Å². The number of anilines is 1. The van der Waals surface area contributed by atoms with E-state index in [1.165, 1.54) is 9.80 Å². The standard InChI is InChI=1S/C22H22BrN3O3/c1-14-12-16(23)8-9-19(14)24-20(27)13-25(3)21(28)10-11-26-15(2)17-6-4-5-7-18(17)22(26)29/h4-9,12H,2,10-11,13H2,1,3H3,(H,24,27). The van der Waals surface area contributed by atoms with Gasteiger partial charge in [0, 0.05) is 47.0 Å². The third-order valence-corrected chi connectivity index (χ3v) is 5.35. The number of halogens is 1. The van der Waals surface area contributed by atoms with Gasteiger partial charge in [-0.3, -0.25) is 14.4 Å². The molecule has 2 aromatic rings. The van der Waals surface area contributed by atoms with Crippen molar-refractivity contribution in [3.63, 3.8) is 0 Å². The molecule has 0 aromatic heterocycles. The highest BCUT2D eigenvalue weighted by molar-refractivity contribution is 9.10. The number of nitrogens with one attached hydrogen (secondary N) is 1. The predicted octanol–water partition coefficient (Wildman–Crippen LogP) is 3.67. The average Bonchev–Trinajstić information content (AvgIpc) is 2.93. The number of aryl methyl sites for hydroxylation is 1. The number of fused-ring (bicyclic) bond motifs is 1. The molecule has 0 unspecified atom stereocenters. The van der Waals surface area contributed by atoms with Crippen molar-refractivity contribution < 1.29 is 14.4 Å². The van der Waals surface area contributed by atoms with E-state index in [9.17, 15) is 14.4 Å². The first-order valence-electron chi connectivity index (χ1n) is 9.18. The zero-order valence-corrected chi connectivity index (χ0v) is 18.0. The van der Waals surface area contributed by atoms with Crippen LogP contribution in [0.1, 0.15) is 27.9 Å². The Morgan fingerprint density at radius 2 is 1.86 bits per heavy atom. The van der Waals surface area contributed by atoms with Crippen LogP contribution < -0.4 is 5.32 Å². The molecule has 1 aliphatic heterocycles. The zero-order chi connectivity index (χ0) is 21.1. The Morgan fingerprint density at radius 3 is 2.52 bits per heavy atom. The van der Waals surface area contributed by atoms with E-state index >= 15 is 0 Å². The number of carbonyl (C=O) groups excluding carboxylic acids is 3. The first kappa shape index (κ1) is 20.8. The van der Waals surface area contributed by atoms with Crippen LogP contribution in [0.5, 0.6) is 0 Å². The van der Waals surface area contributed by atoms with Crippen molar-refractivity contribution >= 4 is 45.0 Å².